The summed E-state index contributed by atoms with van der Waals surface area (Å²) in [7, 11) is 0. The zero-order valence-electron chi connectivity index (χ0n) is 9.06. The van der Waals surface area contributed by atoms with Crippen molar-refractivity contribution in [1.29, 1.82) is 0 Å². The first-order valence-electron chi connectivity index (χ1n) is 5.56. The number of rotatable bonds is 8. The molecular formula is C12H23F. The molecule has 13 heavy (non-hydrogen) atoms. The molecule has 0 saturated heterocycles. The average molecular weight is 186 g/mol. The first-order valence-corrected chi connectivity index (χ1v) is 5.56. The van der Waals surface area contributed by atoms with Gasteiger partial charge < -0.3 is 0 Å². The Bertz CT molecular complexity index is 118. The molecule has 1 unspecified atom stereocenters. The summed E-state index contributed by atoms with van der Waals surface area (Å²) in [6.07, 6.45) is 11.1. The molecule has 1 atom stereocenters. The van der Waals surface area contributed by atoms with Gasteiger partial charge in [-0.15, -0.1) is 0 Å². The highest BCUT2D eigenvalue weighted by atomic mass is 19.1. The maximum Gasteiger partial charge on any atom is 0.0999 e. The van der Waals surface area contributed by atoms with E-state index < -0.39 is 6.17 Å². The Morgan fingerprint density at radius 2 is 1.85 bits per heavy atom. The van der Waals surface area contributed by atoms with Crippen LogP contribution in [-0.2, 0) is 0 Å². The average Bonchev–Trinajstić information content (AvgIpc) is 2.16. The molecule has 0 rings (SSSR count). The molecule has 1 heteroatoms. The van der Waals surface area contributed by atoms with Gasteiger partial charge in [-0.2, -0.15) is 0 Å². The van der Waals surface area contributed by atoms with Crippen LogP contribution in [0.15, 0.2) is 12.2 Å². The second-order valence-electron chi connectivity index (χ2n) is 3.57. The first-order chi connectivity index (χ1) is 6.31. The summed E-state index contributed by atoms with van der Waals surface area (Å²) in [5, 5.41) is 0. The quantitative estimate of drug-likeness (QED) is 0.382. The molecule has 78 valence electrons. The number of unbranched alkanes of at least 4 members (excludes halogenated alkanes) is 4. The molecule has 0 aliphatic rings. The Morgan fingerprint density at radius 1 is 1.15 bits per heavy atom. The molecule has 0 aromatic rings. The lowest BCUT2D eigenvalue weighted by Gasteiger charge is -2.03. The van der Waals surface area contributed by atoms with Crippen LogP contribution < -0.4 is 0 Å². The number of alkyl halides is 1. The fourth-order valence-corrected chi connectivity index (χ4v) is 1.35. The molecule has 0 spiro atoms. The van der Waals surface area contributed by atoms with Crippen LogP contribution in [0.2, 0.25) is 0 Å². The Morgan fingerprint density at radius 3 is 2.46 bits per heavy atom. The van der Waals surface area contributed by atoms with Crippen LogP contribution in [0, 0.1) is 0 Å². The molecule has 0 aromatic carbocycles. The van der Waals surface area contributed by atoms with E-state index in [1.165, 1.54) is 25.7 Å². The minimum absolute atomic E-state index is 0.560. The minimum Gasteiger partial charge on any atom is -0.248 e. The van der Waals surface area contributed by atoms with Crippen LogP contribution >= 0.6 is 0 Å². The smallest absolute Gasteiger partial charge is 0.0999 e. The molecule has 0 aliphatic carbocycles. The van der Waals surface area contributed by atoms with Gasteiger partial charge in [-0.1, -0.05) is 38.3 Å². The van der Waals surface area contributed by atoms with Crippen molar-refractivity contribution in [3.05, 3.63) is 12.2 Å². The van der Waals surface area contributed by atoms with Gasteiger partial charge in [0, 0.05) is 0 Å². The van der Waals surface area contributed by atoms with E-state index in [0.717, 1.165) is 12.8 Å². The highest BCUT2D eigenvalue weighted by Gasteiger charge is 2.01. The number of allylic oxidation sites excluding steroid dienone is 2. The second kappa shape index (κ2) is 9.76. The van der Waals surface area contributed by atoms with E-state index in [1.54, 1.807) is 0 Å². The monoisotopic (exact) mass is 186 g/mol. The van der Waals surface area contributed by atoms with Crippen molar-refractivity contribution in [3.63, 3.8) is 0 Å². The summed E-state index contributed by atoms with van der Waals surface area (Å²) in [5.41, 5.74) is 0. The summed E-state index contributed by atoms with van der Waals surface area (Å²) in [4.78, 5) is 0. The van der Waals surface area contributed by atoms with Crippen LogP contribution in [-0.4, -0.2) is 6.17 Å². The number of hydrogen-bond donors (Lipinski definition) is 0. The Kier molecular flexibility index (Phi) is 9.51. The van der Waals surface area contributed by atoms with Crippen molar-refractivity contribution in [2.24, 2.45) is 0 Å². The maximum absolute atomic E-state index is 12.8. The van der Waals surface area contributed by atoms with Gasteiger partial charge in [-0.25, -0.2) is 4.39 Å². The van der Waals surface area contributed by atoms with E-state index in [0.29, 0.717) is 6.42 Å². The van der Waals surface area contributed by atoms with Crippen LogP contribution in [0.1, 0.15) is 58.8 Å². The maximum atomic E-state index is 12.8. The highest BCUT2D eigenvalue weighted by Crippen LogP contribution is 2.11. The molecule has 0 fully saturated rings. The van der Waals surface area contributed by atoms with Gasteiger partial charge in [0.15, 0.2) is 0 Å². The summed E-state index contributed by atoms with van der Waals surface area (Å²) in [5.74, 6) is 0. The van der Waals surface area contributed by atoms with E-state index in [1.807, 2.05) is 6.92 Å². The lowest BCUT2D eigenvalue weighted by atomic mass is 10.1. The molecule has 0 heterocycles. The predicted molar refractivity (Wildman–Crippen MR) is 57.7 cm³/mol. The van der Waals surface area contributed by atoms with Crippen molar-refractivity contribution in [2.45, 2.75) is 65.0 Å². The fraction of sp³-hybridized carbons (Fsp3) is 0.833. The van der Waals surface area contributed by atoms with Crippen molar-refractivity contribution in [1.82, 2.24) is 0 Å². The number of hydrogen-bond acceptors (Lipinski definition) is 0. The van der Waals surface area contributed by atoms with Crippen LogP contribution in [0.3, 0.4) is 0 Å². The molecule has 0 amide bonds. The van der Waals surface area contributed by atoms with E-state index in [9.17, 15) is 4.39 Å². The van der Waals surface area contributed by atoms with E-state index in [4.69, 9.17) is 0 Å². The normalized spacial score (nSPS) is 13.8. The van der Waals surface area contributed by atoms with Crippen LogP contribution in [0.5, 0.6) is 0 Å². The third kappa shape index (κ3) is 9.59. The highest BCUT2D eigenvalue weighted by molar-refractivity contribution is 4.76. The second-order valence-corrected chi connectivity index (χ2v) is 3.57. The van der Waals surface area contributed by atoms with Crippen molar-refractivity contribution in [2.75, 3.05) is 0 Å². The van der Waals surface area contributed by atoms with Crippen LogP contribution in [0.25, 0.3) is 0 Å². The summed E-state index contributed by atoms with van der Waals surface area (Å²) >= 11 is 0. The van der Waals surface area contributed by atoms with Gasteiger partial charge in [0.2, 0.25) is 0 Å². The SMILES string of the molecule is CC=CCCCCCCC(F)CC. The van der Waals surface area contributed by atoms with Gasteiger partial charge in [-0.05, 0) is 32.6 Å². The molecule has 0 bridgehead atoms. The number of halogens is 1. The summed E-state index contributed by atoms with van der Waals surface area (Å²) in [6.45, 7) is 3.96. The summed E-state index contributed by atoms with van der Waals surface area (Å²) < 4.78 is 12.8. The van der Waals surface area contributed by atoms with Crippen molar-refractivity contribution in [3.8, 4) is 0 Å². The Balaban J connectivity index is 2.99. The van der Waals surface area contributed by atoms with E-state index in [-0.39, 0.29) is 0 Å². The van der Waals surface area contributed by atoms with Crippen molar-refractivity contribution < 1.29 is 4.39 Å². The zero-order chi connectivity index (χ0) is 9.94. The van der Waals surface area contributed by atoms with Gasteiger partial charge in [-0.3, -0.25) is 0 Å². The summed E-state index contributed by atoms with van der Waals surface area (Å²) in [6, 6.07) is 0. The molecule has 0 aromatic heterocycles. The van der Waals surface area contributed by atoms with Gasteiger partial charge in [0.25, 0.3) is 0 Å². The molecule has 0 aliphatic heterocycles. The molecule has 0 radical (unpaired) electrons. The lowest BCUT2D eigenvalue weighted by molar-refractivity contribution is 0.296. The predicted octanol–water partition coefficient (Wildman–Crippen LogP) is 4.65. The third-order valence-electron chi connectivity index (χ3n) is 2.32. The van der Waals surface area contributed by atoms with Gasteiger partial charge in [0.1, 0.15) is 0 Å². The minimum atomic E-state index is -0.560. The lowest BCUT2D eigenvalue weighted by Crippen LogP contribution is -1.96. The van der Waals surface area contributed by atoms with Crippen molar-refractivity contribution >= 4 is 0 Å². The molecule has 0 saturated carbocycles. The largest absolute Gasteiger partial charge is 0.248 e. The molecular weight excluding hydrogens is 163 g/mol. The third-order valence-corrected chi connectivity index (χ3v) is 2.32. The fourth-order valence-electron chi connectivity index (χ4n) is 1.35. The van der Waals surface area contributed by atoms with E-state index in [2.05, 4.69) is 19.1 Å². The first kappa shape index (κ1) is 12.7. The zero-order valence-corrected chi connectivity index (χ0v) is 9.06. The standard InChI is InChI=1S/C12H23F/c1-3-5-6-7-8-9-10-11-12(13)4-2/h3,5,12H,4,6-11H2,1-2H3. The Hall–Kier alpha value is -0.330. The topological polar surface area (TPSA) is 0 Å². The van der Waals surface area contributed by atoms with E-state index >= 15 is 0 Å². The Labute approximate surface area is 82.2 Å². The molecule has 0 N–H and O–H groups in total. The van der Waals surface area contributed by atoms with Gasteiger partial charge >= 0.3 is 0 Å². The van der Waals surface area contributed by atoms with Gasteiger partial charge in [0.05, 0.1) is 6.17 Å². The molecule has 0 nitrogen and oxygen atoms in total. The van der Waals surface area contributed by atoms with Crippen LogP contribution in [0.4, 0.5) is 4.39 Å².